The Kier molecular flexibility index (Phi) is 6.46. The number of rotatable bonds is 5. The van der Waals surface area contributed by atoms with Crippen LogP contribution < -0.4 is 16.0 Å². The fourth-order valence-electron chi connectivity index (χ4n) is 3.33. The molecule has 0 radical (unpaired) electrons. The van der Waals surface area contributed by atoms with Crippen LogP contribution >= 0.6 is 0 Å². The summed E-state index contributed by atoms with van der Waals surface area (Å²) in [5.74, 6) is 0.0615. The Morgan fingerprint density at radius 2 is 1.77 bits per heavy atom. The van der Waals surface area contributed by atoms with Gasteiger partial charge >= 0.3 is 0 Å². The molecule has 0 saturated carbocycles. The van der Waals surface area contributed by atoms with E-state index in [4.69, 9.17) is 5.41 Å². The summed E-state index contributed by atoms with van der Waals surface area (Å²) < 4.78 is 0. The Labute approximate surface area is 175 Å². The van der Waals surface area contributed by atoms with Crippen molar-refractivity contribution in [2.45, 2.75) is 13.3 Å². The van der Waals surface area contributed by atoms with E-state index in [2.05, 4.69) is 20.9 Å². The standard InChI is InChI=1S/C22H26N6O2/c1-14(29)28-11-10-19(24-2)18(13-28)21(23)27-17-7-4-15(5-8-17)16-6-9-20(26-12-16)22(30)25-3/h4-9,12,24H,10-11,13H2,1-3H3,(H2,23,27)(H,25,30). The summed E-state index contributed by atoms with van der Waals surface area (Å²) in [7, 11) is 3.41. The third-order valence-corrected chi connectivity index (χ3v) is 5.10. The van der Waals surface area contributed by atoms with Crippen LogP contribution in [0.15, 0.2) is 53.9 Å². The Hall–Kier alpha value is -3.68. The molecular weight excluding hydrogens is 380 g/mol. The number of anilines is 1. The van der Waals surface area contributed by atoms with Crippen molar-refractivity contribution in [3.8, 4) is 11.1 Å². The van der Waals surface area contributed by atoms with E-state index in [-0.39, 0.29) is 17.6 Å². The topological polar surface area (TPSA) is 110 Å². The van der Waals surface area contributed by atoms with Gasteiger partial charge in [0.25, 0.3) is 5.91 Å². The van der Waals surface area contributed by atoms with Crippen molar-refractivity contribution in [1.82, 2.24) is 20.5 Å². The van der Waals surface area contributed by atoms with Crippen LogP contribution in [0, 0.1) is 5.41 Å². The molecule has 1 aliphatic rings. The van der Waals surface area contributed by atoms with Crippen LogP contribution in [0.2, 0.25) is 0 Å². The molecule has 8 heteroatoms. The van der Waals surface area contributed by atoms with Gasteiger partial charge in [0.2, 0.25) is 5.91 Å². The van der Waals surface area contributed by atoms with Gasteiger partial charge in [-0.25, -0.2) is 0 Å². The van der Waals surface area contributed by atoms with Gasteiger partial charge in [0.1, 0.15) is 11.5 Å². The van der Waals surface area contributed by atoms with Crippen molar-refractivity contribution < 1.29 is 9.59 Å². The van der Waals surface area contributed by atoms with Crippen molar-refractivity contribution in [1.29, 1.82) is 5.41 Å². The highest BCUT2D eigenvalue weighted by molar-refractivity contribution is 6.07. The van der Waals surface area contributed by atoms with E-state index >= 15 is 0 Å². The Balaban J connectivity index is 1.72. The molecule has 0 atom stereocenters. The number of hydrogen-bond donors (Lipinski definition) is 4. The van der Waals surface area contributed by atoms with E-state index in [9.17, 15) is 9.59 Å². The minimum atomic E-state index is -0.221. The maximum Gasteiger partial charge on any atom is 0.269 e. The van der Waals surface area contributed by atoms with E-state index < -0.39 is 0 Å². The van der Waals surface area contributed by atoms with Gasteiger partial charge in [-0.2, -0.15) is 0 Å². The van der Waals surface area contributed by atoms with Gasteiger partial charge in [0.15, 0.2) is 0 Å². The summed E-state index contributed by atoms with van der Waals surface area (Å²) in [6, 6.07) is 11.2. The molecule has 1 aliphatic heterocycles. The number of amidine groups is 1. The van der Waals surface area contributed by atoms with Crippen LogP contribution in [-0.2, 0) is 4.79 Å². The zero-order valence-electron chi connectivity index (χ0n) is 17.4. The monoisotopic (exact) mass is 406 g/mol. The lowest BCUT2D eigenvalue weighted by Gasteiger charge is -2.30. The van der Waals surface area contributed by atoms with Crippen LogP contribution in [0.3, 0.4) is 0 Å². The smallest absolute Gasteiger partial charge is 0.269 e. The number of aromatic nitrogens is 1. The van der Waals surface area contributed by atoms with Crippen LogP contribution in [0.5, 0.6) is 0 Å². The zero-order valence-corrected chi connectivity index (χ0v) is 17.4. The van der Waals surface area contributed by atoms with Gasteiger partial charge in [-0.05, 0) is 23.8 Å². The average Bonchev–Trinajstić information content (AvgIpc) is 2.78. The molecule has 1 aromatic carbocycles. The highest BCUT2D eigenvalue weighted by Crippen LogP contribution is 2.22. The number of nitrogens with one attached hydrogen (secondary N) is 4. The summed E-state index contributed by atoms with van der Waals surface area (Å²) in [6.45, 7) is 2.62. The van der Waals surface area contributed by atoms with Gasteiger partial charge in [0.05, 0.1) is 6.54 Å². The lowest BCUT2D eigenvalue weighted by atomic mass is 10.0. The first-order valence-corrected chi connectivity index (χ1v) is 9.72. The Morgan fingerprint density at radius 1 is 1.07 bits per heavy atom. The first-order chi connectivity index (χ1) is 14.4. The predicted molar refractivity (Wildman–Crippen MR) is 117 cm³/mol. The molecule has 0 bridgehead atoms. The predicted octanol–water partition coefficient (Wildman–Crippen LogP) is 2.22. The molecule has 4 N–H and O–H groups in total. The van der Waals surface area contributed by atoms with Gasteiger partial charge in [0, 0.05) is 62.7 Å². The molecule has 1 aromatic heterocycles. The molecule has 30 heavy (non-hydrogen) atoms. The SMILES string of the molecule is CNC(=O)c1ccc(-c2ccc(NC(=N)C3=C(NC)CCN(C(C)=O)C3)cc2)cn1. The Bertz CT molecular complexity index is 980. The van der Waals surface area contributed by atoms with E-state index in [1.165, 1.54) is 0 Å². The molecule has 0 spiro atoms. The van der Waals surface area contributed by atoms with Crippen LogP contribution in [0.1, 0.15) is 23.8 Å². The Morgan fingerprint density at radius 3 is 2.33 bits per heavy atom. The van der Waals surface area contributed by atoms with Gasteiger partial charge in [-0.3, -0.25) is 20.0 Å². The lowest BCUT2D eigenvalue weighted by molar-refractivity contribution is -0.128. The van der Waals surface area contributed by atoms with E-state index in [1.54, 1.807) is 31.1 Å². The normalized spacial score (nSPS) is 13.6. The molecule has 8 nitrogen and oxygen atoms in total. The number of carbonyl (C=O) groups is 2. The average molecular weight is 406 g/mol. The lowest BCUT2D eigenvalue weighted by Crippen LogP contribution is -2.40. The second-order valence-corrected chi connectivity index (χ2v) is 6.99. The molecule has 2 aromatic rings. The zero-order chi connectivity index (χ0) is 21.7. The minimum Gasteiger partial charge on any atom is -0.391 e. The molecule has 156 valence electrons. The van der Waals surface area contributed by atoms with Crippen molar-refractivity contribution in [2.75, 3.05) is 32.5 Å². The van der Waals surface area contributed by atoms with Gasteiger partial charge in [-0.15, -0.1) is 0 Å². The van der Waals surface area contributed by atoms with Gasteiger partial charge < -0.3 is 20.9 Å². The van der Waals surface area contributed by atoms with Crippen LogP contribution in [0.4, 0.5) is 5.69 Å². The number of benzene rings is 1. The van der Waals surface area contributed by atoms with Crippen LogP contribution in [0.25, 0.3) is 11.1 Å². The summed E-state index contributed by atoms with van der Waals surface area (Å²) >= 11 is 0. The maximum absolute atomic E-state index is 11.7. The molecular formula is C22H26N6O2. The molecule has 2 amide bonds. The highest BCUT2D eigenvalue weighted by atomic mass is 16.2. The maximum atomic E-state index is 11.7. The molecule has 3 rings (SSSR count). The fraction of sp³-hybridized carbons (Fsp3) is 0.273. The third kappa shape index (κ3) is 4.65. The number of carbonyl (C=O) groups excluding carboxylic acids is 2. The largest absolute Gasteiger partial charge is 0.391 e. The van der Waals surface area contributed by atoms with Crippen molar-refractivity contribution >= 4 is 23.3 Å². The summed E-state index contributed by atoms with van der Waals surface area (Å²) in [6.07, 6.45) is 2.37. The van der Waals surface area contributed by atoms with Crippen molar-refractivity contribution in [2.24, 2.45) is 0 Å². The molecule has 0 fully saturated rings. The molecule has 0 aliphatic carbocycles. The molecule has 2 heterocycles. The number of amides is 2. The summed E-state index contributed by atoms with van der Waals surface area (Å²) in [4.78, 5) is 29.3. The molecule has 0 saturated heterocycles. The van der Waals surface area contributed by atoms with Gasteiger partial charge in [-0.1, -0.05) is 18.2 Å². The quantitative estimate of drug-likeness (QED) is 0.450. The third-order valence-electron chi connectivity index (χ3n) is 5.10. The summed E-state index contributed by atoms with van der Waals surface area (Å²) in [5.41, 5.74) is 4.77. The second-order valence-electron chi connectivity index (χ2n) is 6.99. The summed E-state index contributed by atoms with van der Waals surface area (Å²) in [5, 5.41) is 17.3. The minimum absolute atomic E-state index is 0.0100. The van der Waals surface area contributed by atoms with Crippen LogP contribution in [-0.4, -0.2) is 54.7 Å². The second kappa shape index (κ2) is 9.21. The van der Waals surface area contributed by atoms with E-state index in [0.717, 1.165) is 28.1 Å². The number of pyridine rings is 1. The number of nitrogens with zero attached hydrogens (tertiary/aromatic N) is 2. The first-order valence-electron chi connectivity index (χ1n) is 9.72. The van der Waals surface area contributed by atoms with E-state index in [1.807, 2.05) is 37.4 Å². The van der Waals surface area contributed by atoms with E-state index in [0.29, 0.717) is 25.2 Å². The van der Waals surface area contributed by atoms with Crippen molar-refractivity contribution in [3.63, 3.8) is 0 Å². The highest BCUT2D eigenvalue weighted by Gasteiger charge is 2.23. The molecule has 0 unspecified atom stereocenters. The number of hydrogen-bond acceptors (Lipinski definition) is 5. The fourth-order valence-corrected chi connectivity index (χ4v) is 3.33. The first kappa shape index (κ1) is 21.0. The van der Waals surface area contributed by atoms with Crippen molar-refractivity contribution in [3.05, 3.63) is 59.6 Å².